The molecule has 1 aliphatic rings. The summed E-state index contributed by atoms with van der Waals surface area (Å²) in [6, 6.07) is 0. The highest BCUT2D eigenvalue weighted by Crippen LogP contribution is 2.46. The number of nitro groups is 1. The van der Waals surface area contributed by atoms with E-state index in [2.05, 4.69) is 26.2 Å². The Morgan fingerprint density at radius 1 is 1.68 bits per heavy atom. The highest BCUT2D eigenvalue weighted by atomic mass is 79.9. The predicted molar refractivity (Wildman–Crippen MR) is 71.1 cm³/mol. The molecule has 7 nitrogen and oxygen atoms in total. The van der Waals surface area contributed by atoms with Crippen LogP contribution in [0.15, 0.2) is 10.7 Å². The zero-order valence-electron chi connectivity index (χ0n) is 10.1. The number of anilines is 1. The third-order valence-electron chi connectivity index (χ3n) is 3.34. The van der Waals surface area contributed by atoms with E-state index in [-0.39, 0.29) is 12.2 Å². The third kappa shape index (κ3) is 2.53. The molecule has 1 aromatic heterocycles. The molecule has 1 fully saturated rings. The Labute approximate surface area is 117 Å². The number of carboxylic acid groups (broad SMARTS) is 1. The van der Waals surface area contributed by atoms with E-state index in [1.165, 1.54) is 6.20 Å². The van der Waals surface area contributed by atoms with Gasteiger partial charge in [0.05, 0.1) is 14.8 Å². The number of hydrogen-bond acceptors (Lipinski definition) is 5. The van der Waals surface area contributed by atoms with Crippen LogP contribution in [0, 0.1) is 22.5 Å². The predicted octanol–water partition coefficient (Wildman–Crippen LogP) is 2.34. The van der Waals surface area contributed by atoms with Gasteiger partial charge in [-0.3, -0.25) is 14.9 Å². The lowest BCUT2D eigenvalue weighted by Gasteiger charge is -2.13. The topological polar surface area (TPSA) is 105 Å². The van der Waals surface area contributed by atoms with Crippen LogP contribution < -0.4 is 5.32 Å². The summed E-state index contributed by atoms with van der Waals surface area (Å²) in [5.41, 5.74) is -0.323. The van der Waals surface area contributed by atoms with Gasteiger partial charge in [-0.05, 0) is 35.7 Å². The summed E-state index contributed by atoms with van der Waals surface area (Å²) in [5, 5.41) is 22.8. The minimum absolute atomic E-state index is 0.0724. The third-order valence-corrected chi connectivity index (χ3v) is 4.31. The molecule has 1 aromatic rings. The summed E-state index contributed by atoms with van der Waals surface area (Å²) in [5.74, 6) is -0.398. The number of halogens is 1. The van der Waals surface area contributed by atoms with Crippen LogP contribution in [0.25, 0.3) is 0 Å². The van der Waals surface area contributed by atoms with Gasteiger partial charge in [-0.1, -0.05) is 0 Å². The molecule has 0 aliphatic heterocycles. The maximum absolute atomic E-state index is 11.0. The van der Waals surface area contributed by atoms with Crippen LogP contribution in [0.2, 0.25) is 0 Å². The van der Waals surface area contributed by atoms with Crippen LogP contribution in [-0.2, 0) is 4.79 Å². The minimum atomic E-state index is -0.824. The second kappa shape index (κ2) is 4.76. The Morgan fingerprint density at radius 3 is 2.79 bits per heavy atom. The Morgan fingerprint density at radius 2 is 2.32 bits per heavy atom. The van der Waals surface area contributed by atoms with Crippen molar-refractivity contribution in [1.29, 1.82) is 0 Å². The highest BCUT2D eigenvalue weighted by Gasteiger charge is 2.50. The fourth-order valence-electron chi connectivity index (χ4n) is 1.75. The molecule has 0 amide bonds. The second-order valence-corrected chi connectivity index (χ2v) is 5.42. The molecule has 102 valence electrons. The molecule has 0 spiro atoms. The average Bonchev–Trinajstić information content (AvgIpc) is 3.11. The number of aliphatic carboxylic acids is 1. The van der Waals surface area contributed by atoms with Gasteiger partial charge < -0.3 is 10.4 Å². The summed E-state index contributed by atoms with van der Waals surface area (Å²) in [6.07, 6.45) is 2.45. The molecule has 8 heteroatoms. The maximum Gasteiger partial charge on any atom is 0.311 e. The first-order valence-electron chi connectivity index (χ1n) is 5.64. The first-order valence-corrected chi connectivity index (χ1v) is 6.43. The second-order valence-electron chi connectivity index (χ2n) is 4.63. The van der Waals surface area contributed by atoms with Crippen LogP contribution in [0.4, 0.5) is 11.5 Å². The van der Waals surface area contributed by atoms with Crippen molar-refractivity contribution < 1.29 is 14.8 Å². The molecule has 0 aromatic carbocycles. The molecule has 0 bridgehead atoms. The van der Waals surface area contributed by atoms with Crippen molar-refractivity contribution >= 4 is 33.4 Å². The number of carboxylic acids is 1. The van der Waals surface area contributed by atoms with E-state index >= 15 is 0 Å². The summed E-state index contributed by atoms with van der Waals surface area (Å²) in [6.45, 7) is 1.88. The molecule has 0 atom stereocenters. The summed E-state index contributed by atoms with van der Waals surface area (Å²) in [4.78, 5) is 25.2. The van der Waals surface area contributed by atoms with Crippen molar-refractivity contribution in [2.24, 2.45) is 5.41 Å². The number of hydrogen-bond donors (Lipinski definition) is 2. The fourth-order valence-corrected chi connectivity index (χ4v) is 2.19. The van der Waals surface area contributed by atoms with E-state index in [0.717, 1.165) is 0 Å². The summed E-state index contributed by atoms with van der Waals surface area (Å²) >= 11 is 3.25. The lowest BCUT2D eigenvalue weighted by atomic mass is 10.1. The number of pyridine rings is 1. The number of carbonyl (C=O) groups is 1. The Balaban J connectivity index is 2.16. The van der Waals surface area contributed by atoms with E-state index in [0.29, 0.717) is 28.7 Å². The fraction of sp³-hybridized carbons (Fsp3) is 0.455. The van der Waals surface area contributed by atoms with Crippen LogP contribution in [0.5, 0.6) is 0 Å². The van der Waals surface area contributed by atoms with Crippen molar-refractivity contribution in [2.75, 3.05) is 11.9 Å². The van der Waals surface area contributed by atoms with Crippen LogP contribution in [0.3, 0.4) is 0 Å². The molecule has 2 N–H and O–H groups in total. The number of nitrogens with zero attached hydrogens (tertiary/aromatic N) is 2. The largest absolute Gasteiger partial charge is 0.481 e. The van der Waals surface area contributed by atoms with Crippen molar-refractivity contribution in [3.63, 3.8) is 0 Å². The smallest absolute Gasteiger partial charge is 0.311 e. The quantitative estimate of drug-likeness (QED) is 0.634. The Hall–Kier alpha value is -1.70. The molecule has 0 saturated heterocycles. The van der Waals surface area contributed by atoms with Gasteiger partial charge in [0.25, 0.3) is 5.69 Å². The number of aromatic nitrogens is 1. The van der Waals surface area contributed by atoms with Gasteiger partial charge in [0.2, 0.25) is 0 Å². The van der Waals surface area contributed by atoms with Gasteiger partial charge >= 0.3 is 5.97 Å². The maximum atomic E-state index is 11.0. The number of nitrogens with one attached hydrogen (secondary N) is 1. The average molecular weight is 330 g/mol. The highest BCUT2D eigenvalue weighted by molar-refractivity contribution is 9.10. The van der Waals surface area contributed by atoms with Crippen LogP contribution in [0.1, 0.15) is 18.4 Å². The summed E-state index contributed by atoms with van der Waals surface area (Å²) < 4.78 is 0.489. The van der Waals surface area contributed by atoms with E-state index < -0.39 is 16.3 Å². The number of rotatable bonds is 5. The van der Waals surface area contributed by atoms with Gasteiger partial charge in [0, 0.05) is 12.1 Å². The molecule has 0 unspecified atom stereocenters. The molecule has 2 rings (SSSR count). The van der Waals surface area contributed by atoms with Gasteiger partial charge in [-0.25, -0.2) is 4.98 Å². The van der Waals surface area contributed by atoms with Gasteiger partial charge in [-0.2, -0.15) is 0 Å². The SMILES string of the molecule is Cc1c([N+](=O)[O-])cnc(NCC2(C(=O)O)CC2)c1Br. The van der Waals surface area contributed by atoms with Gasteiger partial charge in [-0.15, -0.1) is 0 Å². The Bertz CT molecular complexity index is 557. The Kier molecular flexibility index (Phi) is 3.44. The zero-order chi connectivity index (χ0) is 14.2. The van der Waals surface area contributed by atoms with Gasteiger partial charge in [0.15, 0.2) is 0 Å². The van der Waals surface area contributed by atoms with E-state index in [9.17, 15) is 14.9 Å². The molecule has 0 radical (unpaired) electrons. The standard InChI is InChI=1S/C11H12BrN3O4/c1-6-7(15(18)19)4-13-9(8(6)12)14-5-11(2-3-11)10(16)17/h4H,2-3,5H2,1H3,(H,13,14)(H,16,17). The van der Waals surface area contributed by atoms with Crippen molar-refractivity contribution in [2.45, 2.75) is 19.8 Å². The van der Waals surface area contributed by atoms with E-state index in [1.54, 1.807) is 6.92 Å². The minimum Gasteiger partial charge on any atom is -0.481 e. The van der Waals surface area contributed by atoms with Gasteiger partial charge in [0.1, 0.15) is 12.0 Å². The van der Waals surface area contributed by atoms with E-state index in [4.69, 9.17) is 5.11 Å². The van der Waals surface area contributed by atoms with Crippen molar-refractivity contribution in [3.8, 4) is 0 Å². The van der Waals surface area contributed by atoms with Crippen molar-refractivity contribution in [3.05, 3.63) is 26.3 Å². The van der Waals surface area contributed by atoms with Crippen LogP contribution >= 0.6 is 15.9 Å². The molecular formula is C11H12BrN3O4. The summed E-state index contributed by atoms with van der Waals surface area (Å²) in [7, 11) is 0. The molecule has 1 aliphatic carbocycles. The molecular weight excluding hydrogens is 318 g/mol. The van der Waals surface area contributed by atoms with Crippen molar-refractivity contribution in [1.82, 2.24) is 4.98 Å². The monoisotopic (exact) mass is 329 g/mol. The normalized spacial score (nSPS) is 15.9. The van der Waals surface area contributed by atoms with Crippen LogP contribution in [-0.4, -0.2) is 27.5 Å². The first-order chi connectivity index (χ1) is 8.87. The zero-order valence-corrected chi connectivity index (χ0v) is 11.7. The molecule has 19 heavy (non-hydrogen) atoms. The lowest BCUT2D eigenvalue weighted by molar-refractivity contribution is -0.385. The molecule has 1 saturated carbocycles. The first kappa shape index (κ1) is 13.7. The lowest BCUT2D eigenvalue weighted by Crippen LogP contribution is -2.24. The molecule has 1 heterocycles. The van der Waals surface area contributed by atoms with E-state index in [1.807, 2.05) is 0 Å².